The van der Waals surface area contributed by atoms with E-state index in [1.807, 2.05) is 36.4 Å². The first-order valence-corrected chi connectivity index (χ1v) is 9.86. The van der Waals surface area contributed by atoms with Crippen molar-refractivity contribution in [1.29, 1.82) is 0 Å². The third-order valence-electron chi connectivity index (χ3n) is 5.06. The molecular weight excluding hydrogens is 356 g/mol. The summed E-state index contributed by atoms with van der Waals surface area (Å²) in [5.74, 6) is 0.535. The molecule has 0 aliphatic carbocycles. The molecule has 0 radical (unpaired) electrons. The van der Waals surface area contributed by atoms with E-state index in [2.05, 4.69) is 10.2 Å². The molecular formula is C22H26N2O4. The van der Waals surface area contributed by atoms with Crippen LogP contribution in [0.15, 0.2) is 48.5 Å². The number of amides is 1. The minimum Gasteiger partial charge on any atom is -0.491 e. The van der Waals surface area contributed by atoms with Crippen LogP contribution in [0.5, 0.6) is 5.75 Å². The number of carbonyl (C=O) groups excluding carboxylic acids is 1. The summed E-state index contributed by atoms with van der Waals surface area (Å²) < 4.78 is 16.7. The molecule has 28 heavy (non-hydrogen) atoms. The molecule has 2 heterocycles. The summed E-state index contributed by atoms with van der Waals surface area (Å²) in [5, 5.41) is 2.95. The van der Waals surface area contributed by atoms with E-state index in [-0.39, 0.29) is 12.0 Å². The molecule has 6 heteroatoms. The maximum Gasteiger partial charge on any atom is 0.255 e. The summed E-state index contributed by atoms with van der Waals surface area (Å²) in [6.07, 6.45) is 2.27. The molecule has 2 fully saturated rings. The fourth-order valence-corrected chi connectivity index (χ4v) is 3.47. The minimum absolute atomic E-state index is 0.151. The quantitative estimate of drug-likeness (QED) is 0.830. The van der Waals surface area contributed by atoms with Crippen LogP contribution in [0.25, 0.3) is 0 Å². The average molecular weight is 382 g/mol. The predicted octanol–water partition coefficient (Wildman–Crippen LogP) is 3.33. The van der Waals surface area contributed by atoms with Gasteiger partial charge >= 0.3 is 0 Å². The van der Waals surface area contributed by atoms with Gasteiger partial charge in [0.25, 0.3) is 5.91 Å². The van der Waals surface area contributed by atoms with Crippen molar-refractivity contribution in [2.45, 2.75) is 18.9 Å². The molecule has 0 bridgehead atoms. The lowest BCUT2D eigenvalue weighted by Crippen LogP contribution is -2.36. The van der Waals surface area contributed by atoms with Crippen molar-refractivity contribution in [2.75, 3.05) is 49.7 Å². The Morgan fingerprint density at radius 3 is 2.68 bits per heavy atom. The summed E-state index contributed by atoms with van der Waals surface area (Å²) in [6, 6.07) is 15.2. The molecule has 2 saturated heterocycles. The Kier molecular flexibility index (Phi) is 6.09. The second kappa shape index (κ2) is 9.08. The molecule has 2 aliphatic heterocycles. The zero-order valence-electron chi connectivity index (χ0n) is 15.9. The lowest BCUT2D eigenvalue weighted by Gasteiger charge is -2.28. The van der Waals surface area contributed by atoms with Crippen molar-refractivity contribution in [3.05, 3.63) is 54.1 Å². The van der Waals surface area contributed by atoms with E-state index in [4.69, 9.17) is 14.2 Å². The highest BCUT2D eigenvalue weighted by atomic mass is 16.5. The number of morpholine rings is 1. The molecule has 0 spiro atoms. The maximum absolute atomic E-state index is 12.6. The first-order valence-electron chi connectivity index (χ1n) is 9.86. The Bertz CT molecular complexity index is 781. The van der Waals surface area contributed by atoms with Gasteiger partial charge in [-0.05, 0) is 55.3 Å². The van der Waals surface area contributed by atoms with Gasteiger partial charge in [-0.1, -0.05) is 6.07 Å². The van der Waals surface area contributed by atoms with Crippen molar-refractivity contribution in [3.8, 4) is 5.75 Å². The predicted molar refractivity (Wildman–Crippen MR) is 108 cm³/mol. The fraction of sp³-hybridized carbons (Fsp3) is 0.409. The Morgan fingerprint density at radius 1 is 1.11 bits per heavy atom. The van der Waals surface area contributed by atoms with Crippen molar-refractivity contribution in [1.82, 2.24) is 0 Å². The Morgan fingerprint density at radius 2 is 1.93 bits per heavy atom. The van der Waals surface area contributed by atoms with Crippen molar-refractivity contribution in [3.63, 3.8) is 0 Å². The molecule has 2 aliphatic rings. The number of benzene rings is 2. The molecule has 6 nitrogen and oxygen atoms in total. The number of hydrogen-bond donors (Lipinski definition) is 1. The number of nitrogens with one attached hydrogen (secondary N) is 1. The second-order valence-electron chi connectivity index (χ2n) is 7.07. The number of hydrogen-bond acceptors (Lipinski definition) is 5. The highest BCUT2D eigenvalue weighted by molar-refractivity contribution is 6.04. The number of nitrogens with zero attached hydrogens (tertiary/aromatic N) is 1. The molecule has 148 valence electrons. The number of ether oxygens (including phenoxy) is 3. The SMILES string of the molecule is O=C(Nc1ccc(N2CCOCC2)cc1)c1cccc(OCC2CCCO2)c1. The third-order valence-corrected chi connectivity index (χ3v) is 5.06. The van der Waals surface area contributed by atoms with Crippen molar-refractivity contribution >= 4 is 17.3 Å². The Hall–Kier alpha value is -2.57. The molecule has 0 saturated carbocycles. The molecule has 4 rings (SSSR count). The lowest BCUT2D eigenvalue weighted by molar-refractivity contribution is 0.0679. The van der Waals surface area contributed by atoms with Gasteiger partial charge in [0.2, 0.25) is 0 Å². The normalized spacial score (nSPS) is 19.4. The smallest absolute Gasteiger partial charge is 0.255 e. The monoisotopic (exact) mass is 382 g/mol. The summed E-state index contributed by atoms with van der Waals surface area (Å²) >= 11 is 0. The van der Waals surface area contributed by atoms with E-state index in [9.17, 15) is 4.79 Å². The molecule has 1 amide bonds. The zero-order chi connectivity index (χ0) is 19.2. The third kappa shape index (κ3) is 4.82. The van der Waals surface area contributed by atoms with Crippen LogP contribution < -0.4 is 15.0 Å². The van der Waals surface area contributed by atoms with E-state index in [0.717, 1.165) is 57.1 Å². The summed E-state index contributed by atoms with van der Waals surface area (Å²) in [5.41, 5.74) is 2.49. The number of rotatable bonds is 6. The maximum atomic E-state index is 12.6. The zero-order valence-corrected chi connectivity index (χ0v) is 15.9. The minimum atomic E-state index is -0.151. The summed E-state index contributed by atoms with van der Waals surface area (Å²) in [4.78, 5) is 14.9. The van der Waals surface area contributed by atoms with Crippen LogP contribution in [0.4, 0.5) is 11.4 Å². The topological polar surface area (TPSA) is 60.0 Å². The van der Waals surface area contributed by atoms with Gasteiger partial charge in [0.05, 0.1) is 19.3 Å². The number of anilines is 2. The van der Waals surface area contributed by atoms with E-state index in [0.29, 0.717) is 17.9 Å². The largest absolute Gasteiger partial charge is 0.491 e. The summed E-state index contributed by atoms with van der Waals surface area (Å²) in [6.45, 7) is 4.62. The molecule has 0 aromatic heterocycles. The van der Waals surface area contributed by atoms with Crippen LogP contribution in [-0.2, 0) is 9.47 Å². The van der Waals surface area contributed by atoms with Crippen LogP contribution >= 0.6 is 0 Å². The van der Waals surface area contributed by atoms with Gasteiger partial charge in [-0.2, -0.15) is 0 Å². The van der Waals surface area contributed by atoms with Crippen molar-refractivity contribution in [2.24, 2.45) is 0 Å². The van der Waals surface area contributed by atoms with Gasteiger partial charge in [-0.15, -0.1) is 0 Å². The first kappa shape index (κ1) is 18.8. The highest BCUT2D eigenvalue weighted by Crippen LogP contribution is 2.21. The standard InChI is InChI=1S/C22H26N2O4/c25-22(17-3-1-4-20(15-17)28-16-21-5-2-12-27-21)23-18-6-8-19(9-7-18)24-10-13-26-14-11-24/h1,3-4,6-9,15,21H,2,5,10-14,16H2,(H,23,25). The van der Waals surface area contributed by atoms with Gasteiger partial charge in [-0.25, -0.2) is 0 Å². The van der Waals surface area contributed by atoms with E-state index in [1.54, 1.807) is 12.1 Å². The summed E-state index contributed by atoms with van der Waals surface area (Å²) in [7, 11) is 0. The van der Waals surface area contributed by atoms with Crippen LogP contribution in [0, 0.1) is 0 Å². The Labute approximate surface area is 165 Å². The molecule has 2 aromatic carbocycles. The van der Waals surface area contributed by atoms with Crippen molar-refractivity contribution < 1.29 is 19.0 Å². The molecule has 1 atom stereocenters. The van der Waals surface area contributed by atoms with Gasteiger partial charge in [0, 0.05) is 36.6 Å². The molecule has 1 unspecified atom stereocenters. The fourth-order valence-electron chi connectivity index (χ4n) is 3.47. The van der Waals surface area contributed by atoms with Gasteiger partial charge in [0.15, 0.2) is 0 Å². The lowest BCUT2D eigenvalue weighted by atomic mass is 10.2. The number of carbonyl (C=O) groups is 1. The van der Waals surface area contributed by atoms with Gasteiger partial charge in [-0.3, -0.25) is 4.79 Å². The molecule has 1 N–H and O–H groups in total. The van der Waals surface area contributed by atoms with E-state index >= 15 is 0 Å². The van der Waals surface area contributed by atoms with Gasteiger partial charge < -0.3 is 24.4 Å². The van der Waals surface area contributed by atoms with Crippen LogP contribution in [0.2, 0.25) is 0 Å². The highest BCUT2D eigenvalue weighted by Gasteiger charge is 2.16. The average Bonchev–Trinajstić information content (AvgIpc) is 3.27. The van der Waals surface area contributed by atoms with Crippen LogP contribution in [-0.4, -0.2) is 51.5 Å². The van der Waals surface area contributed by atoms with Crippen LogP contribution in [0.1, 0.15) is 23.2 Å². The second-order valence-corrected chi connectivity index (χ2v) is 7.07. The Balaban J connectivity index is 1.34. The van der Waals surface area contributed by atoms with Crippen LogP contribution in [0.3, 0.4) is 0 Å². The van der Waals surface area contributed by atoms with E-state index < -0.39 is 0 Å². The molecule has 2 aromatic rings. The first-order chi connectivity index (χ1) is 13.8. The van der Waals surface area contributed by atoms with E-state index in [1.165, 1.54) is 0 Å². The van der Waals surface area contributed by atoms with Gasteiger partial charge in [0.1, 0.15) is 12.4 Å².